The van der Waals surface area contributed by atoms with Crippen LogP contribution in [0.25, 0.3) is 0 Å². The Hall–Kier alpha value is -1.07. The first-order valence-corrected chi connectivity index (χ1v) is 20.4. The molecule has 0 radical (unpaired) electrons. The molecule has 0 spiro atoms. The van der Waals surface area contributed by atoms with Crippen LogP contribution in [0.5, 0.6) is 0 Å². The number of unbranched alkanes of at least 4 members (excludes halogenated alkanes) is 23. The van der Waals surface area contributed by atoms with Crippen LogP contribution >= 0.6 is 0 Å². The van der Waals surface area contributed by atoms with Crippen molar-refractivity contribution in [2.24, 2.45) is 0 Å². The van der Waals surface area contributed by atoms with Gasteiger partial charge in [-0.15, -0.1) is 0 Å². The van der Waals surface area contributed by atoms with E-state index in [1.54, 1.807) is 6.08 Å². The summed E-state index contributed by atoms with van der Waals surface area (Å²) in [4.78, 5) is 12.9. The van der Waals surface area contributed by atoms with E-state index >= 15 is 0 Å². The van der Waals surface area contributed by atoms with Gasteiger partial charge in [-0.1, -0.05) is 167 Å². The molecule has 1 heterocycles. The average molecular weight is 700 g/mol. The van der Waals surface area contributed by atoms with Crippen LogP contribution in [0, 0.1) is 0 Å². The van der Waals surface area contributed by atoms with Crippen molar-refractivity contribution in [1.82, 2.24) is 5.32 Å². The first-order valence-electron chi connectivity index (χ1n) is 20.4. The monoisotopic (exact) mass is 700 g/mol. The van der Waals surface area contributed by atoms with Crippen LogP contribution in [0.3, 0.4) is 0 Å². The molecule has 6 N–H and O–H groups in total. The molecule has 0 aromatic carbocycles. The molecule has 49 heavy (non-hydrogen) atoms. The van der Waals surface area contributed by atoms with E-state index in [2.05, 4.69) is 19.2 Å². The van der Waals surface area contributed by atoms with Crippen LogP contribution in [-0.4, -0.2) is 87.5 Å². The van der Waals surface area contributed by atoms with Crippen LogP contribution in [0.15, 0.2) is 12.2 Å². The van der Waals surface area contributed by atoms with Gasteiger partial charge in [0.25, 0.3) is 0 Å². The molecule has 1 saturated heterocycles. The number of hydrogen-bond acceptors (Lipinski definition) is 8. The summed E-state index contributed by atoms with van der Waals surface area (Å²) in [5.74, 6) is -0.178. The van der Waals surface area contributed by atoms with E-state index in [1.165, 1.54) is 122 Å². The van der Waals surface area contributed by atoms with Crippen LogP contribution in [0.4, 0.5) is 0 Å². The zero-order valence-corrected chi connectivity index (χ0v) is 31.5. The largest absolute Gasteiger partial charge is 0.394 e. The SMILES string of the molecule is CCCCCCCCCCCCCC=CC(O)C(COC1OC(CO)C(O)C(O)C1O)NC(=O)CCCCCCCCCCCCCCC. The predicted molar refractivity (Wildman–Crippen MR) is 198 cm³/mol. The second kappa shape index (κ2) is 31.6. The summed E-state index contributed by atoms with van der Waals surface area (Å²) in [5, 5.41) is 53.9. The number of ether oxygens (including phenoxy) is 2. The van der Waals surface area contributed by atoms with E-state index in [-0.39, 0.29) is 12.5 Å². The average Bonchev–Trinajstić information content (AvgIpc) is 3.10. The van der Waals surface area contributed by atoms with E-state index < -0.39 is 49.5 Å². The highest BCUT2D eigenvalue weighted by atomic mass is 16.7. The molecule has 1 fully saturated rings. The molecule has 7 unspecified atom stereocenters. The van der Waals surface area contributed by atoms with Crippen molar-refractivity contribution >= 4 is 5.91 Å². The molecule has 1 aliphatic rings. The maximum absolute atomic E-state index is 12.9. The maximum Gasteiger partial charge on any atom is 0.220 e. The summed E-state index contributed by atoms with van der Waals surface area (Å²) in [7, 11) is 0. The number of aliphatic hydroxyl groups excluding tert-OH is 5. The highest BCUT2D eigenvalue weighted by molar-refractivity contribution is 5.76. The molecule has 290 valence electrons. The summed E-state index contributed by atoms with van der Waals surface area (Å²) < 4.78 is 11.2. The Labute approximate surface area is 299 Å². The molecule has 1 aliphatic heterocycles. The van der Waals surface area contributed by atoms with Gasteiger partial charge in [0.2, 0.25) is 5.91 Å². The number of allylic oxidation sites excluding steroid dienone is 1. The maximum atomic E-state index is 12.9. The number of aliphatic hydroxyl groups is 5. The van der Waals surface area contributed by atoms with Gasteiger partial charge in [-0.25, -0.2) is 0 Å². The van der Waals surface area contributed by atoms with E-state index in [9.17, 15) is 30.3 Å². The number of carbonyl (C=O) groups is 1. The second-order valence-electron chi connectivity index (χ2n) is 14.4. The van der Waals surface area contributed by atoms with Crippen molar-refractivity contribution in [1.29, 1.82) is 0 Å². The summed E-state index contributed by atoms with van der Waals surface area (Å²) >= 11 is 0. The van der Waals surface area contributed by atoms with Gasteiger partial charge in [-0.2, -0.15) is 0 Å². The van der Waals surface area contributed by atoms with Crippen molar-refractivity contribution in [2.75, 3.05) is 13.2 Å². The molecular weight excluding hydrogens is 622 g/mol. The predicted octanol–water partition coefficient (Wildman–Crippen LogP) is 7.39. The lowest BCUT2D eigenvalue weighted by Gasteiger charge is -2.40. The van der Waals surface area contributed by atoms with Crippen LogP contribution in [0.2, 0.25) is 0 Å². The fourth-order valence-electron chi connectivity index (χ4n) is 6.51. The van der Waals surface area contributed by atoms with E-state index in [4.69, 9.17) is 9.47 Å². The normalized spacial score (nSPS) is 22.5. The van der Waals surface area contributed by atoms with E-state index in [0.29, 0.717) is 6.42 Å². The summed E-state index contributed by atoms with van der Waals surface area (Å²) in [5.41, 5.74) is 0. The second-order valence-corrected chi connectivity index (χ2v) is 14.4. The minimum atomic E-state index is -1.56. The summed E-state index contributed by atoms with van der Waals surface area (Å²) in [6.07, 6.45) is 26.7. The minimum absolute atomic E-state index is 0.178. The number of carbonyl (C=O) groups excluding carboxylic acids is 1. The highest BCUT2D eigenvalue weighted by Crippen LogP contribution is 2.22. The van der Waals surface area contributed by atoms with Crippen LogP contribution < -0.4 is 5.32 Å². The van der Waals surface area contributed by atoms with Gasteiger partial charge in [0.1, 0.15) is 24.4 Å². The summed E-state index contributed by atoms with van der Waals surface area (Å²) in [6, 6.07) is -0.796. The molecule has 0 bridgehead atoms. The number of rotatable bonds is 33. The first kappa shape index (κ1) is 46.0. The molecule has 9 nitrogen and oxygen atoms in total. The Bertz CT molecular complexity index is 781. The number of amides is 1. The Morgan fingerprint density at radius 2 is 1.12 bits per heavy atom. The zero-order chi connectivity index (χ0) is 36.0. The third-order valence-electron chi connectivity index (χ3n) is 9.86. The fraction of sp³-hybridized carbons (Fsp3) is 0.925. The molecule has 1 amide bonds. The van der Waals surface area contributed by atoms with Gasteiger partial charge in [0.15, 0.2) is 6.29 Å². The highest BCUT2D eigenvalue weighted by Gasteiger charge is 2.44. The molecule has 0 saturated carbocycles. The van der Waals surface area contributed by atoms with Gasteiger partial charge in [0.05, 0.1) is 25.4 Å². The van der Waals surface area contributed by atoms with Crippen molar-refractivity contribution < 1.29 is 39.8 Å². The molecule has 7 atom stereocenters. The Morgan fingerprint density at radius 3 is 1.59 bits per heavy atom. The van der Waals surface area contributed by atoms with Gasteiger partial charge in [0, 0.05) is 6.42 Å². The molecular formula is C40H77NO8. The zero-order valence-electron chi connectivity index (χ0n) is 31.5. The van der Waals surface area contributed by atoms with Crippen LogP contribution in [0.1, 0.15) is 181 Å². The lowest BCUT2D eigenvalue weighted by atomic mass is 9.99. The van der Waals surface area contributed by atoms with Crippen molar-refractivity contribution in [2.45, 2.75) is 224 Å². The smallest absolute Gasteiger partial charge is 0.220 e. The topological polar surface area (TPSA) is 149 Å². The third kappa shape index (κ3) is 23.2. The van der Waals surface area contributed by atoms with Gasteiger partial charge >= 0.3 is 0 Å². The Morgan fingerprint density at radius 1 is 0.673 bits per heavy atom. The number of nitrogens with one attached hydrogen (secondary N) is 1. The first-order chi connectivity index (χ1) is 23.8. The summed E-state index contributed by atoms with van der Waals surface area (Å²) in [6.45, 7) is 3.75. The standard InChI is InChI=1S/C40H77NO8/c1-3-5-7-9-11-13-15-17-19-21-23-25-27-29-34(43)33(32-48-40-39(47)38(46)37(45)35(31-42)49-40)41-36(44)30-28-26-24-22-20-18-16-14-12-10-8-6-4-2/h27,29,33-35,37-40,42-43,45-47H,3-26,28,30-32H2,1-2H3,(H,41,44). The molecule has 1 rings (SSSR count). The lowest BCUT2D eigenvalue weighted by molar-refractivity contribution is -0.302. The molecule has 0 aliphatic carbocycles. The molecule has 0 aromatic rings. The quantitative estimate of drug-likeness (QED) is 0.0307. The molecule has 9 heteroatoms. The third-order valence-corrected chi connectivity index (χ3v) is 9.86. The van der Waals surface area contributed by atoms with Gasteiger partial charge in [-0.05, 0) is 19.3 Å². The van der Waals surface area contributed by atoms with Crippen molar-refractivity contribution in [3.63, 3.8) is 0 Å². The Kier molecular flexibility index (Phi) is 29.7. The lowest BCUT2D eigenvalue weighted by Crippen LogP contribution is -2.60. The number of hydrogen-bond donors (Lipinski definition) is 6. The van der Waals surface area contributed by atoms with Gasteiger partial charge in [-0.3, -0.25) is 4.79 Å². The van der Waals surface area contributed by atoms with Gasteiger partial charge < -0.3 is 40.3 Å². The minimum Gasteiger partial charge on any atom is -0.394 e. The Balaban J connectivity index is 2.43. The fourth-order valence-corrected chi connectivity index (χ4v) is 6.51. The van der Waals surface area contributed by atoms with Crippen LogP contribution in [-0.2, 0) is 14.3 Å². The van der Waals surface area contributed by atoms with E-state index in [1.807, 2.05) is 6.08 Å². The van der Waals surface area contributed by atoms with E-state index in [0.717, 1.165) is 38.5 Å². The molecule has 0 aromatic heterocycles. The van der Waals surface area contributed by atoms with Crippen molar-refractivity contribution in [3.8, 4) is 0 Å². The van der Waals surface area contributed by atoms with Crippen molar-refractivity contribution in [3.05, 3.63) is 12.2 Å².